The van der Waals surface area contributed by atoms with E-state index in [0.29, 0.717) is 5.57 Å². The Hall–Kier alpha value is -0.790. The Morgan fingerprint density at radius 3 is 1.80 bits per heavy atom. The molecule has 0 aliphatic carbocycles. The van der Waals surface area contributed by atoms with Crippen LogP contribution in [0.15, 0.2) is 11.1 Å². The fourth-order valence-corrected chi connectivity index (χ4v) is 1.82. The van der Waals surface area contributed by atoms with Crippen LogP contribution >= 0.6 is 0 Å². The van der Waals surface area contributed by atoms with Crippen molar-refractivity contribution in [1.82, 2.24) is 0 Å². The zero-order valence-corrected chi connectivity index (χ0v) is 10.3. The Morgan fingerprint density at radius 1 is 0.933 bits per heavy atom. The molecule has 0 aliphatic heterocycles. The number of rotatable bonds is 8. The number of carbonyl (C=O) groups is 1. The van der Waals surface area contributed by atoms with Crippen molar-refractivity contribution in [1.29, 1.82) is 0 Å². The van der Waals surface area contributed by atoms with Gasteiger partial charge in [0, 0.05) is 5.57 Å². The first-order chi connectivity index (χ1) is 7.17. The number of allylic oxidation sites excluding steroid dienone is 1. The van der Waals surface area contributed by atoms with Crippen molar-refractivity contribution in [3.8, 4) is 0 Å². The second-order valence-corrected chi connectivity index (χ2v) is 3.99. The first kappa shape index (κ1) is 14.2. The van der Waals surface area contributed by atoms with Gasteiger partial charge >= 0.3 is 5.97 Å². The summed E-state index contributed by atoms with van der Waals surface area (Å²) in [6.07, 6.45) is 6.75. The van der Waals surface area contributed by atoms with Crippen molar-refractivity contribution < 1.29 is 9.90 Å². The molecule has 0 saturated heterocycles. The van der Waals surface area contributed by atoms with E-state index in [0.717, 1.165) is 44.9 Å². The first-order valence-corrected chi connectivity index (χ1v) is 6.11. The van der Waals surface area contributed by atoms with Crippen LogP contribution in [0.25, 0.3) is 0 Å². The summed E-state index contributed by atoms with van der Waals surface area (Å²) in [7, 11) is 0. The zero-order chi connectivity index (χ0) is 11.7. The minimum atomic E-state index is -0.708. The maximum atomic E-state index is 11.1. The smallest absolute Gasteiger partial charge is 0.331 e. The molecule has 0 aliphatic rings. The van der Waals surface area contributed by atoms with Crippen LogP contribution in [0.4, 0.5) is 0 Å². The lowest BCUT2D eigenvalue weighted by Gasteiger charge is -2.10. The molecular formula is C13H24O2. The predicted molar refractivity (Wildman–Crippen MR) is 64.0 cm³/mol. The molecule has 0 aromatic carbocycles. The van der Waals surface area contributed by atoms with Crippen LogP contribution in [0.2, 0.25) is 0 Å². The van der Waals surface area contributed by atoms with Crippen LogP contribution in [0.1, 0.15) is 65.7 Å². The second kappa shape index (κ2) is 8.51. The van der Waals surface area contributed by atoms with Gasteiger partial charge in [0.15, 0.2) is 0 Å². The fraction of sp³-hybridized carbons (Fsp3) is 0.769. The largest absolute Gasteiger partial charge is 0.478 e. The summed E-state index contributed by atoms with van der Waals surface area (Å²) < 4.78 is 0. The third-order valence-corrected chi connectivity index (χ3v) is 2.57. The Balaban J connectivity index is 4.70. The number of hydrogen-bond acceptors (Lipinski definition) is 1. The van der Waals surface area contributed by atoms with Gasteiger partial charge in [-0.3, -0.25) is 0 Å². The molecule has 0 radical (unpaired) electrons. The van der Waals surface area contributed by atoms with Gasteiger partial charge in [0.05, 0.1) is 0 Å². The monoisotopic (exact) mass is 212 g/mol. The van der Waals surface area contributed by atoms with Crippen molar-refractivity contribution in [2.24, 2.45) is 0 Å². The maximum Gasteiger partial charge on any atom is 0.331 e. The summed E-state index contributed by atoms with van der Waals surface area (Å²) in [5.41, 5.74) is 1.85. The SMILES string of the molecule is CCCCC(C(=O)O)=C(CCC)CCC. The third-order valence-electron chi connectivity index (χ3n) is 2.57. The lowest BCUT2D eigenvalue weighted by atomic mass is 9.95. The molecule has 0 fully saturated rings. The minimum Gasteiger partial charge on any atom is -0.478 e. The summed E-state index contributed by atoms with van der Waals surface area (Å²) in [4.78, 5) is 11.1. The molecule has 1 N–H and O–H groups in total. The summed E-state index contributed by atoms with van der Waals surface area (Å²) in [6.45, 7) is 6.31. The minimum absolute atomic E-state index is 0.681. The number of carboxylic acids is 1. The highest BCUT2D eigenvalue weighted by molar-refractivity contribution is 5.87. The number of carboxylic acid groups (broad SMARTS) is 1. The van der Waals surface area contributed by atoms with Gasteiger partial charge < -0.3 is 5.11 Å². The number of unbranched alkanes of at least 4 members (excludes halogenated alkanes) is 1. The Morgan fingerprint density at radius 2 is 1.47 bits per heavy atom. The molecule has 0 rings (SSSR count). The highest BCUT2D eigenvalue weighted by atomic mass is 16.4. The molecule has 0 amide bonds. The number of hydrogen-bond donors (Lipinski definition) is 1. The standard InChI is InChI=1S/C13H24O2/c1-4-7-10-12(13(14)15)11(8-5-2)9-6-3/h4-10H2,1-3H3,(H,14,15). The molecule has 0 aromatic rings. The quantitative estimate of drug-likeness (QED) is 0.613. The van der Waals surface area contributed by atoms with Crippen molar-refractivity contribution in [2.75, 3.05) is 0 Å². The lowest BCUT2D eigenvalue weighted by molar-refractivity contribution is -0.132. The second-order valence-electron chi connectivity index (χ2n) is 3.99. The van der Waals surface area contributed by atoms with E-state index >= 15 is 0 Å². The lowest BCUT2D eigenvalue weighted by Crippen LogP contribution is -2.05. The van der Waals surface area contributed by atoms with E-state index in [1.54, 1.807) is 0 Å². The fourth-order valence-electron chi connectivity index (χ4n) is 1.82. The summed E-state index contributed by atoms with van der Waals surface area (Å²) in [6, 6.07) is 0. The molecule has 2 heteroatoms. The first-order valence-electron chi connectivity index (χ1n) is 6.11. The van der Waals surface area contributed by atoms with Crippen LogP contribution in [0, 0.1) is 0 Å². The van der Waals surface area contributed by atoms with Gasteiger partial charge in [-0.15, -0.1) is 0 Å². The van der Waals surface area contributed by atoms with Crippen LogP contribution in [-0.4, -0.2) is 11.1 Å². The van der Waals surface area contributed by atoms with Crippen molar-refractivity contribution in [3.05, 3.63) is 11.1 Å². The normalized spacial score (nSPS) is 10.1. The van der Waals surface area contributed by atoms with E-state index in [4.69, 9.17) is 5.11 Å². The average molecular weight is 212 g/mol. The van der Waals surface area contributed by atoms with Gasteiger partial charge in [-0.05, 0) is 25.7 Å². The molecule has 0 spiro atoms. The summed E-state index contributed by atoms with van der Waals surface area (Å²) >= 11 is 0. The summed E-state index contributed by atoms with van der Waals surface area (Å²) in [5.74, 6) is -0.708. The average Bonchev–Trinajstić information content (AvgIpc) is 2.18. The molecule has 0 aromatic heterocycles. The van der Waals surface area contributed by atoms with E-state index in [1.165, 1.54) is 5.57 Å². The topological polar surface area (TPSA) is 37.3 Å². The van der Waals surface area contributed by atoms with Crippen LogP contribution < -0.4 is 0 Å². The van der Waals surface area contributed by atoms with Crippen LogP contribution in [-0.2, 0) is 4.79 Å². The summed E-state index contributed by atoms with van der Waals surface area (Å²) in [5, 5.41) is 9.17. The Bertz CT molecular complexity index is 209. The molecular weight excluding hydrogens is 188 g/mol. The molecule has 0 bridgehead atoms. The van der Waals surface area contributed by atoms with Crippen molar-refractivity contribution in [2.45, 2.75) is 65.7 Å². The maximum absolute atomic E-state index is 11.1. The van der Waals surface area contributed by atoms with E-state index in [9.17, 15) is 4.79 Å². The van der Waals surface area contributed by atoms with Crippen LogP contribution in [0.5, 0.6) is 0 Å². The molecule has 15 heavy (non-hydrogen) atoms. The molecule has 0 saturated carbocycles. The van der Waals surface area contributed by atoms with Gasteiger partial charge in [0.1, 0.15) is 0 Å². The van der Waals surface area contributed by atoms with Crippen LogP contribution in [0.3, 0.4) is 0 Å². The molecule has 0 heterocycles. The third kappa shape index (κ3) is 5.60. The number of aliphatic carboxylic acids is 1. The molecule has 88 valence electrons. The molecule has 0 atom stereocenters. The highest BCUT2D eigenvalue weighted by Crippen LogP contribution is 2.21. The van der Waals surface area contributed by atoms with Crippen molar-refractivity contribution >= 4 is 5.97 Å². The van der Waals surface area contributed by atoms with Gasteiger partial charge in [-0.2, -0.15) is 0 Å². The van der Waals surface area contributed by atoms with E-state index in [2.05, 4.69) is 20.8 Å². The van der Waals surface area contributed by atoms with Gasteiger partial charge in [0.25, 0.3) is 0 Å². The van der Waals surface area contributed by atoms with Gasteiger partial charge in [-0.25, -0.2) is 4.79 Å². The van der Waals surface area contributed by atoms with E-state index in [1.807, 2.05) is 0 Å². The van der Waals surface area contributed by atoms with Crippen molar-refractivity contribution in [3.63, 3.8) is 0 Å². The Kier molecular flexibility index (Phi) is 8.06. The zero-order valence-electron chi connectivity index (χ0n) is 10.3. The van der Waals surface area contributed by atoms with E-state index < -0.39 is 5.97 Å². The molecule has 0 unspecified atom stereocenters. The predicted octanol–water partition coefficient (Wildman–Crippen LogP) is 4.16. The Labute approximate surface area is 93.4 Å². The molecule has 2 nitrogen and oxygen atoms in total. The van der Waals surface area contributed by atoms with E-state index in [-0.39, 0.29) is 0 Å². The highest BCUT2D eigenvalue weighted by Gasteiger charge is 2.12. The van der Waals surface area contributed by atoms with Gasteiger partial charge in [-0.1, -0.05) is 45.6 Å². The van der Waals surface area contributed by atoms with Gasteiger partial charge in [0.2, 0.25) is 0 Å².